The second kappa shape index (κ2) is 7.79. The number of alkyl halides is 3. The number of aryl methyl sites for hydroxylation is 1. The Kier molecular flexibility index (Phi) is 5.19. The fraction of sp³-hybridized carbons (Fsp3) is 0.286. The number of nitrogens with zero attached hydrogens (tertiary/aromatic N) is 4. The number of hydrogen-bond acceptors (Lipinski definition) is 5. The zero-order valence-electron chi connectivity index (χ0n) is 15.7. The van der Waals surface area contributed by atoms with Crippen molar-refractivity contribution in [1.82, 2.24) is 15.0 Å². The number of benzene rings is 1. The number of ether oxygens (including phenoxy) is 1. The Labute approximate surface area is 166 Å². The molecule has 1 unspecified atom stereocenters. The standard InChI is InChI=1S/C21H19F3N4O/c1-14-6-2-3-7-15(14)17-13-28(10-11-29-17)19-12-18(21(22,23)24)26-20(27-19)16-8-4-5-9-25-16/h2-9,12,17H,10-11,13H2,1H3. The minimum Gasteiger partial charge on any atom is -0.370 e. The van der Waals surface area contributed by atoms with Crippen molar-refractivity contribution in [3.8, 4) is 11.5 Å². The number of aromatic nitrogens is 3. The monoisotopic (exact) mass is 400 g/mol. The molecule has 0 aliphatic carbocycles. The first-order chi connectivity index (χ1) is 13.9. The van der Waals surface area contributed by atoms with Crippen LogP contribution in [0.1, 0.15) is 22.9 Å². The first-order valence-electron chi connectivity index (χ1n) is 9.21. The van der Waals surface area contributed by atoms with Crippen LogP contribution in [0.25, 0.3) is 11.5 Å². The molecular weight excluding hydrogens is 381 g/mol. The van der Waals surface area contributed by atoms with Gasteiger partial charge in [-0.3, -0.25) is 4.98 Å². The van der Waals surface area contributed by atoms with E-state index in [2.05, 4.69) is 15.0 Å². The zero-order chi connectivity index (χ0) is 20.4. The van der Waals surface area contributed by atoms with Gasteiger partial charge in [-0.1, -0.05) is 30.3 Å². The second-order valence-corrected chi connectivity index (χ2v) is 6.81. The lowest BCUT2D eigenvalue weighted by Gasteiger charge is -2.34. The van der Waals surface area contributed by atoms with Crippen LogP contribution >= 0.6 is 0 Å². The van der Waals surface area contributed by atoms with Crippen LogP contribution in [0.5, 0.6) is 0 Å². The Morgan fingerprint density at radius 1 is 1.07 bits per heavy atom. The molecule has 1 aliphatic heterocycles. The molecule has 5 nitrogen and oxygen atoms in total. The van der Waals surface area contributed by atoms with Gasteiger partial charge >= 0.3 is 6.18 Å². The molecule has 1 aliphatic rings. The highest BCUT2D eigenvalue weighted by Gasteiger charge is 2.35. The van der Waals surface area contributed by atoms with Gasteiger partial charge in [-0.2, -0.15) is 13.2 Å². The highest BCUT2D eigenvalue weighted by atomic mass is 19.4. The van der Waals surface area contributed by atoms with Crippen molar-refractivity contribution in [3.05, 3.63) is 71.5 Å². The molecule has 0 amide bonds. The predicted octanol–water partition coefficient (Wildman–Crippen LogP) is 4.44. The fourth-order valence-electron chi connectivity index (χ4n) is 3.34. The number of pyridine rings is 1. The summed E-state index contributed by atoms with van der Waals surface area (Å²) in [7, 11) is 0. The molecular formula is C21H19F3N4O. The quantitative estimate of drug-likeness (QED) is 0.651. The van der Waals surface area contributed by atoms with Crippen LogP contribution in [0.4, 0.5) is 19.0 Å². The minimum absolute atomic E-state index is 0.0469. The highest BCUT2D eigenvalue weighted by Crippen LogP contribution is 2.33. The summed E-state index contributed by atoms with van der Waals surface area (Å²) in [5.41, 5.74) is 1.41. The second-order valence-electron chi connectivity index (χ2n) is 6.81. The van der Waals surface area contributed by atoms with Crippen molar-refractivity contribution in [1.29, 1.82) is 0 Å². The average Bonchev–Trinajstić information content (AvgIpc) is 2.74. The average molecular weight is 400 g/mol. The molecule has 3 aromatic rings. The van der Waals surface area contributed by atoms with Crippen LogP contribution in [0.2, 0.25) is 0 Å². The number of morpholine rings is 1. The molecule has 3 heterocycles. The molecule has 1 aromatic carbocycles. The Bertz CT molecular complexity index is 995. The van der Waals surface area contributed by atoms with Gasteiger partial charge in [-0.25, -0.2) is 9.97 Å². The molecule has 0 saturated carbocycles. The van der Waals surface area contributed by atoms with Gasteiger partial charge in [0, 0.05) is 25.4 Å². The summed E-state index contributed by atoms with van der Waals surface area (Å²) < 4.78 is 46.3. The molecule has 0 radical (unpaired) electrons. The summed E-state index contributed by atoms with van der Waals surface area (Å²) in [4.78, 5) is 14.0. The molecule has 0 bridgehead atoms. The van der Waals surface area contributed by atoms with E-state index < -0.39 is 11.9 Å². The van der Waals surface area contributed by atoms with Crippen LogP contribution in [0.3, 0.4) is 0 Å². The number of hydrogen-bond donors (Lipinski definition) is 0. The maximum atomic E-state index is 13.5. The van der Waals surface area contributed by atoms with Crippen LogP contribution < -0.4 is 4.90 Å². The van der Waals surface area contributed by atoms with E-state index in [4.69, 9.17) is 4.74 Å². The Morgan fingerprint density at radius 2 is 1.86 bits per heavy atom. The first-order valence-corrected chi connectivity index (χ1v) is 9.21. The maximum absolute atomic E-state index is 13.5. The molecule has 1 saturated heterocycles. The number of anilines is 1. The topological polar surface area (TPSA) is 51.1 Å². The van der Waals surface area contributed by atoms with Crippen LogP contribution in [-0.4, -0.2) is 34.6 Å². The molecule has 0 spiro atoms. The van der Waals surface area contributed by atoms with Crippen molar-refractivity contribution < 1.29 is 17.9 Å². The highest BCUT2D eigenvalue weighted by molar-refractivity contribution is 5.54. The van der Waals surface area contributed by atoms with E-state index in [9.17, 15) is 13.2 Å². The van der Waals surface area contributed by atoms with Crippen molar-refractivity contribution in [3.63, 3.8) is 0 Å². The van der Waals surface area contributed by atoms with Crippen LogP contribution in [0, 0.1) is 6.92 Å². The van der Waals surface area contributed by atoms with Crippen LogP contribution in [0.15, 0.2) is 54.7 Å². The van der Waals surface area contributed by atoms with Crippen molar-refractivity contribution in [2.45, 2.75) is 19.2 Å². The van der Waals surface area contributed by atoms with E-state index in [1.807, 2.05) is 36.1 Å². The molecule has 0 N–H and O–H groups in total. The summed E-state index contributed by atoms with van der Waals surface area (Å²) in [5.74, 6) is 0.171. The predicted molar refractivity (Wildman–Crippen MR) is 102 cm³/mol. The SMILES string of the molecule is Cc1ccccc1C1CN(c2cc(C(F)(F)F)nc(-c3ccccn3)n2)CCO1. The van der Waals surface area contributed by atoms with Gasteiger partial charge in [-0.05, 0) is 30.2 Å². The Morgan fingerprint density at radius 3 is 2.59 bits per heavy atom. The zero-order valence-corrected chi connectivity index (χ0v) is 15.7. The van der Waals surface area contributed by atoms with E-state index in [1.165, 1.54) is 6.20 Å². The van der Waals surface area contributed by atoms with E-state index >= 15 is 0 Å². The molecule has 29 heavy (non-hydrogen) atoms. The summed E-state index contributed by atoms with van der Waals surface area (Å²) in [6.45, 7) is 3.23. The fourth-order valence-corrected chi connectivity index (χ4v) is 3.34. The summed E-state index contributed by atoms with van der Waals surface area (Å²) >= 11 is 0. The molecule has 1 fully saturated rings. The van der Waals surface area contributed by atoms with Crippen molar-refractivity contribution in [2.75, 3.05) is 24.6 Å². The summed E-state index contributed by atoms with van der Waals surface area (Å²) in [6, 6.07) is 13.8. The van der Waals surface area contributed by atoms with Gasteiger partial charge < -0.3 is 9.64 Å². The largest absolute Gasteiger partial charge is 0.433 e. The van der Waals surface area contributed by atoms with Gasteiger partial charge in [0.15, 0.2) is 11.5 Å². The van der Waals surface area contributed by atoms with E-state index in [0.717, 1.165) is 17.2 Å². The Balaban J connectivity index is 1.71. The third kappa shape index (κ3) is 4.22. The first kappa shape index (κ1) is 19.3. The van der Waals surface area contributed by atoms with Crippen molar-refractivity contribution >= 4 is 5.82 Å². The molecule has 4 rings (SSSR count). The van der Waals surface area contributed by atoms with Gasteiger partial charge in [-0.15, -0.1) is 0 Å². The normalized spacial score (nSPS) is 17.4. The number of halogens is 3. The lowest BCUT2D eigenvalue weighted by Crippen LogP contribution is -2.39. The smallest absolute Gasteiger partial charge is 0.370 e. The third-order valence-corrected chi connectivity index (χ3v) is 4.82. The summed E-state index contributed by atoms with van der Waals surface area (Å²) in [6.07, 6.45) is -3.32. The van der Waals surface area contributed by atoms with E-state index in [0.29, 0.717) is 25.4 Å². The Hall–Kier alpha value is -3.00. The molecule has 8 heteroatoms. The van der Waals surface area contributed by atoms with Crippen molar-refractivity contribution in [2.24, 2.45) is 0 Å². The summed E-state index contributed by atoms with van der Waals surface area (Å²) in [5, 5.41) is 0. The van der Waals surface area contributed by atoms with E-state index in [-0.39, 0.29) is 17.7 Å². The van der Waals surface area contributed by atoms with E-state index in [1.54, 1.807) is 18.2 Å². The van der Waals surface area contributed by atoms with Gasteiger partial charge in [0.2, 0.25) is 0 Å². The molecule has 150 valence electrons. The number of rotatable bonds is 3. The van der Waals surface area contributed by atoms with Gasteiger partial charge in [0.25, 0.3) is 0 Å². The minimum atomic E-state index is -4.58. The lowest BCUT2D eigenvalue weighted by atomic mass is 10.0. The molecule has 1 atom stereocenters. The van der Waals surface area contributed by atoms with Gasteiger partial charge in [0.1, 0.15) is 17.6 Å². The lowest BCUT2D eigenvalue weighted by molar-refractivity contribution is -0.141. The molecule has 2 aromatic heterocycles. The maximum Gasteiger partial charge on any atom is 0.433 e. The van der Waals surface area contributed by atoms with Gasteiger partial charge in [0.05, 0.1) is 6.61 Å². The third-order valence-electron chi connectivity index (χ3n) is 4.82. The van der Waals surface area contributed by atoms with Crippen LogP contribution in [-0.2, 0) is 10.9 Å².